The van der Waals surface area contributed by atoms with Crippen molar-refractivity contribution >= 4 is 123 Å². The molecule has 2 aliphatic rings. The lowest BCUT2D eigenvalue weighted by Gasteiger charge is -2.38. The second-order valence-corrected chi connectivity index (χ2v) is 35.6. The number of nitrogens with zero attached hydrogens (tertiary/aromatic N) is 5. The number of H-pyrrole nitrogens is 1. The number of aromatic nitrogens is 1. The number of aromatic amines is 1. The summed E-state index contributed by atoms with van der Waals surface area (Å²) in [4.78, 5) is 233. The number of halogens is 1. The van der Waals surface area contributed by atoms with Crippen LogP contribution in [0.15, 0.2) is 164 Å². The number of benzene rings is 6. The number of carbonyl (C=O) groups excluding carboxylic acids is 15. The van der Waals surface area contributed by atoms with Gasteiger partial charge in [-0.25, -0.2) is 0 Å². The van der Waals surface area contributed by atoms with Crippen LogP contribution < -0.4 is 32.3 Å². The lowest BCUT2D eigenvalue weighted by atomic mass is 9.83. The van der Waals surface area contributed by atoms with E-state index >= 15 is 47.9 Å². The molecule has 2 saturated heterocycles. The zero-order valence-corrected chi connectivity index (χ0v) is 75.5. The Bertz CT molecular complexity index is 5040. The minimum atomic E-state index is -1.50. The topological polar surface area (TPSA) is 424 Å². The molecule has 9 rings (SSSR count). The molecule has 7 aromatic rings. The number of amides is 11. The second kappa shape index (κ2) is 48.1. The van der Waals surface area contributed by atoms with Gasteiger partial charge >= 0.3 is 0 Å². The first kappa shape index (κ1) is 99.5. The minimum Gasteiger partial charge on any atom is -0.508 e. The molecule has 2 fully saturated rings. The van der Waals surface area contributed by atoms with Gasteiger partial charge in [-0.15, -0.1) is 11.8 Å². The largest absolute Gasteiger partial charge is 0.508 e. The number of nitrogens with two attached hydrogens (primary N) is 1. The Kier molecular flexibility index (Phi) is 37.4. The van der Waals surface area contributed by atoms with Gasteiger partial charge in [0.2, 0.25) is 65.0 Å². The van der Waals surface area contributed by atoms with Gasteiger partial charge in [0, 0.05) is 126 Å². The van der Waals surface area contributed by atoms with Crippen LogP contribution in [-0.2, 0) is 115 Å². The number of phenols is 2. The maximum Gasteiger partial charge on any atom is 0.293 e. The van der Waals surface area contributed by atoms with Gasteiger partial charge < -0.3 is 76.8 Å². The van der Waals surface area contributed by atoms with Gasteiger partial charge in [0.05, 0.1) is 30.3 Å². The minimum absolute atomic E-state index is 0.0115. The number of hydrogen-bond donors (Lipinski definition) is 9. The molecule has 0 bridgehead atoms. The Labute approximate surface area is 755 Å². The number of ketones is 3. The van der Waals surface area contributed by atoms with Gasteiger partial charge in [0.1, 0.15) is 66.2 Å². The SMILES string of the molecule is CCCC[C@H]1C(=O)N2CCCC2C(=O)C[C@@H](COC=O)C(=O)C[C@@H](C(C)C)C(=O)N(C)[C@@H](Cc2ccccc2)C(=O)N[C@@H](Cc2ccc(O)cc2)C(=O)N(C)CC(=O)N[C@@H](Cc2c[nH]c3ccccc23)C(=O)C[C@@H](Cc2ccc(O)cc2)C(=O)N[C@@H](CC(C)C)C(=O)N[C@H](C(N)=O)CSCC(=O)N[C@@H](Cc2cccc(Cl)c2)C(=O)N(C)[C@@H](Cc2ccccc2)C(=O)N1C. The van der Waals surface area contributed by atoms with E-state index in [-0.39, 0.29) is 94.0 Å². The van der Waals surface area contributed by atoms with E-state index < -0.39 is 199 Å². The lowest BCUT2D eigenvalue weighted by Crippen LogP contribution is -2.59. The van der Waals surface area contributed by atoms with E-state index in [1.165, 1.54) is 84.2 Å². The molecule has 6 aromatic carbocycles. The summed E-state index contributed by atoms with van der Waals surface area (Å²) in [7, 11) is 5.55. The maximum atomic E-state index is 15.7. The van der Waals surface area contributed by atoms with E-state index in [1.807, 2.05) is 19.1 Å². The number of thioether (sulfide) groups is 1. The van der Waals surface area contributed by atoms with Crippen LogP contribution in [0.5, 0.6) is 11.5 Å². The van der Waals surface area contributed by atoms with Gasteiger partial charge in [0.15, 0.2) is 11.6 Å². The van der Waals surface area contributed by atoms with E-state index in [2.05, 4.69) is 31.6 Å². The maximum absolute atomic E-state index is 15.7. The molecule has 1 aromatic heterocycles. The monoisotopic (exact) mass is 1790 g/mol. The van der Waals surface area contributed by atoms with Crippen LogP contribution in [0.2, 0.25) is 5.02 Å². The number of hydrogen-bond acceptors (Lipinski definition) is 19. The molecule has 2 aliphatic heterocycles. The van der Waals surface area contributed by atoms with Crippen molar-refractivity contribution in [3.63, 3.8) is 0 Å². The highest BCUT2D eigenvalue weighted by Gasteiger charge is 2.45. The molecule has 32 heteroatoms. The van der Waals surface area contributed by atoms with Crippen LogP contribution in [-0.4, -0.2) is 242 Å². The van der Waals surface area contributed by atoms with Crippen molar-refractivity contribution < 1.29 is 86.9 Å². The second-order valence-electron chi connectivity index (χ2n) is 34.1. The highest BCUT2D eigenvalue weighted by atomic mass is 35.5. The molecule has 0 spiro atoms. The van der Waals surface area contributed by atoms with Crippen LogP contribution in [0.1, 0.15) is 126 Å². The number of primary amides is 1. The molecule has 10 N–H and O–H groups in total. The number of unbranched alkanes of at least 4 members (excludes halogenated alkanes) is 1. The number of para-hydroxylation sites is 1. The molecular formula is C96H119ClN12O18S. The highest BCUT2D eigenvalue weighted by molar-refractivity contribution is 8.00. The van der Waals surface area contributed by atoms with Crippen molar-refractivity contribution in [2.24, 2.45) is 35.3 Å². The summed E-state index contributed by atoms with van der Waals surface area (Å²) < 4.78 is 5.24. The molecule has 0 aliphatic carbocycles. The van der Waals surface area contributed by atoms with Crippen LogP contribution in [0.25, 0.3) is 10.9 Å². The lowest BCUT2D eigenvalue weighted by molar-refractivity contribution is -0.152. The molecule has 0 radical (unpaired) electrons. The molecule has 684 valence electrons. The molecule has 30 nitrogen and oxygen atoms in total. The van der Waals surface area contributed by atoms with Crippen LogP contribution >= 0.6 is 23.4 Å². The van der Waals surface area contributed by atoms with E-state index in [0.29, 0.717) is 68.6 Å². The van der Waals surface area contributed by atoms with Crippen LogP contribution in [0, 0.1) is 29.6 Å². The van der Waals surface area contributed by atoms with Gasteiger partial charge in [-0.05, 0) is 120 Å². The average Bonchev–Trinajstić information content (AvgIpc) is 1.44. The predicted octanol–water partition coefficient (Wildman–Crippen LogP) is 7.37. The Balaban J connectivity index is 1.11. The van der Waals surface area contributed by atoms with E-state index in [4.69, 9.17) is 22.1 Å². The summed E-state index contributed by atoms with van der Waals surface area (Å²) >= 11 is 7.39. The van der Waals surface area contributed by atoms with Crippen molar-refractivity contribution in [2.75, 3.05) is 59.4 Å². The third-order valence-electron chi connectivity index (χ3n) is 23.7. The first-order valence-corrected chi connectivity index (χ1v) is 44.9. The van der Waals surface area contributed by atoms with Crippen molar-refractivity contribution in [3.05, 3.63) is 202 Å². The summed E-state index contributed by atoms with van der Waals surface area (Å²) in [5.41, 5.74) is 9.93. The van der Waals surface area contributed by atoms with Crippen molar-refractivity contribution in [2.45, 2.75) is 185 Å². The number of rotatable bonds is 22. The zero-order valence-electron chi connectivity index (χ0n) is 73.9. The smallest absolute Gasteiger partial charge is 0.293 e. The number of aromatic hydroxyl groups is 2. The third kappa shape index (κ3) is 28.4. The number of ether oxygens (including phenoxy) is 1. The van der Waals surface area contributed by atoms with Crippen LogP contribution in [0.4, 0.5) is 0 Å². The van der Waals surface area contributed by atoms with Crippen molar-refractivity contribution in [3.8, 4) is 11.5 Å². The summed E-state index contributed by atoms with van der Waals surface area (Å²) in [5, 5.41) is 35.8. The van der Waals surface area contributed by atoms with E-state index in [1.54, 1.807) is 143 Å². The number of likely N-dealkylation sites (N-methyl/N-ethyl adjacent to an activating group) is 4. The summed E-state index contributed by atoms with van der Waals surface area (Å²) in [6.45, 7) is 7.76. The van der Waals surface area contributed by atoms with Crippen LogP contribution in [0.3, 0.4) is 0 Å². The van der Waals surface area contributed by atoms with Gasteiger partial charge in [-0.2, -0.15) is 0 Å². The molecular weight excluding hydrogens is 1680 g/mol. The van der Waals surface area contributed by atoms with Gasteiger partial charge in [-0.1, -0.05) is 174 Å². The summed E-state index contributed by atoms with van der Waals surface area (Å²) in [6.07, 6.45) is 0.720. The fraction of sp³-hybridized carbons (Fsp3) is 0.448. The Morgan fingerprint density at radius 2 is 1.11 bits per heavy atom. The molecule has 0 saturated carbocycles. The normalized spacial score (nSPS) is 23.2. The Morgan fingerprint density at radius 1 is 0.547 bits per heavy atom. The number of Topliss-reactive ketones (excluding diaryl/α,β-unsaturated/α-hetero) is 3. The number of fused-ring (bicyclic) bond motifs is 2. The Morgan fingerprint density at radius 3 is 1.73 bits per heavy atom. The quantitative estimate of drug-likeness (QED) is 0.0299. The van der Waals surface area contributed by atoms with Crippen molar-refractivity contribution in [1.82, 2.24) is 56.1 Å². The number of nitrogens with one attached hydrogen (secondary N) is 6. The molecule has 128 heavy (non-hydrogen) atoms. The molecule has 1 unspecified atom stereocenters. The number of carbonyl (C=O) groups is 15. The number of phenolic OH excluding ortho intramolecular Hbond substituents is 2. The summed E-state index contributed by atoms with van der Waals surface area (Å²) in [5.74, 6) is -16.1. The molecule has 3 heterocycles. The Hall–Kier alpha value is -12.3. The van der Waals surface area contributed by atoms with E-state index in [9.17, 15) is 34.2 Å². The molecule has 12 atom stereocenters. The third-order valence-corrected chi connectivity index (χ3v) is 25.0. The van der Waals surface area contributed by atoms with Gasteiger partial charge in [-0.3, -0.25) is 71.9 Å². The standard InChI is InChI=1S/C96H119ClN12O18S/c1-10-11-30-80-96(126)109-40-21-31-79(109)85(115)50-67(54-127-57-110)83(113)51-72(59(4)5)92(122)107(8)81(46-60-22-14-12-15-23-60)91(121)103-76(44-63-34-38-70(112)39-35-63)93(123)105(6)53-86(116)100-74(48-66-52-99-73-29-19-18-28-71(66)73)84(114)49-65(42-62-32-36-69(111)37-33-62)89(119)102-75(41-58(2)3)90(120)104-78(88(98)118)55-128-56-87(117)101-77(45-64-26-20-27-68(97)43-64)94(124)108(9)82(95(125)106(80)7)47-61-24-16-13-17-25-61/h12-20,22-29,32-39,43,52,57-59,65,67,72,74-82,99,111-112H,10-11,21,30-31,40-42,44-51,53-56H2,1-9H3,(H2,98,118)(H,100,116)(H,101,117)(H,102,119)(H,103,121)(H,104,120)/t65-,67+,72+,74+,75+,76+,77+,78+,79?,80+,81+,82+/m1/s1. The zero-order chi connectivity index (χ0) is 93.0. The fourth-order valence-electron chi connectivity index (χ4n) is 16.4. The van der Waals surface area contributed by atoms with Crippen molar-refractivity contribution in [1.29, 1.82) is 0 Å². The average molecular weight is 1800 g/mol. The fourth-order valence-corrected chi connectivity index (χ4v) is 17.5. The highest BCUT2D eigenvalue weighted by Crippen LogP contribution is 2.31. The summed E-state index contributed by atoms with van der Waals surface area (Å²) in [6, 6.07) is 30.8. The van der Waals surface area contributed by atoms with Gasteiger partial charge in [0.25, 0.3) is 6.47 Å². The van der Waals surface area contributed by atoms with E-state index in [0.717, 1.165) is 16.7 Å². The first-order valence-electron chi connectivity index (χ1n) is 43.4. The molecule has 11 amide bonds. The first-order chi connectivity index (χ1) is 61.1. The predicted molar refractivity (Wildman–Crippen MR) is 484 cm³/mol.